The Morgan fingerprint density at radius 1 is 1.42 bits per heavy atom. The number of halogens is 1. The first-order valence-corrected chi connectivity index (χ1v) is 8.34. The second-order valence-corrected chi connectivity index (χ2v) is 5.74. The van der Waals surface area contributed by atoms with Gasteiger partial charge in [-0.3, -0.25) is 4.79 Å². The Hall–Kier alpha value is -2.64. The lowest BCUT2D eigenvalue weighted by molar-refractivity contribution is -0.129. The van der Waals surface area contributed by atoms with Crippen molar-refractivity contribution >= 4 is 23.3 Å². The van der Waals surface area contributed by atoms with Crippen molar-refractivity contribution in [2.45, 2.75) is 0 Å². The Morgan fingerprint density at radius 2 is 2.15 bits per heavy atom. The van der Waals surface area contributed by atoms with Gasteiger partial charge in [0.25, 0.3) is 0 Å². The van der Waals surface area contributed by atoms with E-state index in [1.165, 1.54) is 13.2 Å². The molecule has 2 aromatic rings. The number of aromatic nitrogens is 2. The first-order valence-electron chi connectivity index (χ1n) is 7.96. The number of carbonyl (C=O) groups excluding carboxylic acids is 1. The van der Waals surface area contributed by atoms with Crippen LogP contribution in [0.1, 0.15) is 0 Å². The average molecular weight is 377 g/mol. The fourth-order valence-electron chi connectivity index (χ4n) is 2.22. The smallest absolute Gasteiger partial charge is 0.246 e. The minimum absolute atomic E-state index is 0.00306. The van der Waals surface area contributed by atoms with Gasteiger partial charge in [0, 0.05) is 23.7 Å². The van der Waals surface area contributed by atoms with Crippen molar-refractivity contribution in [1.29, 1.82) is 0 Å². The van der Waals surface area contributed by atoms with E-state index in [0.29, 0.717) is 48.7 Å². The molecule has 3 rings (SSSR count). The average Bonchev–Trinajstić information content (AvgIpc) is 2.68. The molecule has 7 nitrogen and oxygen atoms in total. The normalized spacial score (nSPS) is 13.4. The van der Waals surface area contributed by atoms with E-state index in [1.807, 2.05) is 12.1 Å². The molecule has 2 N–H and O–H groups in total. The third-order valence-electron chi connectivity index (χ3n) is 3.58. The van der Waals surface area contributed by atoms with E-state index < -0.39 is 0 Å². The van der Waals surface area contributed by atoms with Crippen LogP contribution in [0.15, 0.2) is 43.1 Å². The number of hydrogen-bond donors (Lipinski definition) is 1. The molecule has 8 heteroatoms. The summed E-state index contributed by atoms with van der Waals surface area (Å²) >= 11 is 5.88. The maximum absolute atomic E-state index is 10.9. The van der Waals surface area contributed by atoms with Gasteiger partial charge in [0.1, 0.15) is 0 Å². The van der Waals surface area contributed by atoms with Crippen LogP contribution in [0, 0.1) is 0 Å². The molecular formula is C18H21ClN4O3. The predicted molar refractivity (Wildman–Crippen MR) is 101 cm³/mol. The third kappa shape index (κ3) is 5.44. The van der Waals surface area contributed by atoms with Crippen molar-refractivity contribution < 1.29 is 14.3 Å². The highest BCUT2D eigenvalue weighted by molar-refractivity contribution is 6.30. The van der Waals surface area contributed by atoms with Gasteiger partial charge >= 0.3 is 0 Å². The Balaban J connectivity index is 0.000000209. The second-order valence-electron chi connectivity index (χ2n) is 5.30. The number of morpholine rings is 1. The Kier molecular flexibility index (Phi) is 7.37. The number of nitrogen functional groups attached to an aromatic ring is 1. The van der Waals surface area contributed by atoms with Crippen molar-refractivity contribution in [2.24, 2.45) is 0 Å². The zero-order valence-electron chi connectivity index (χ0n) is 14.5. The Bertz CT molecular complexity index is 764. The summed E-state index contributed by atoms with van der Waals surface area (Å²) in [5.74, 6) is 1.31. The summed E-state index contributed by atoms with van der Waals surface area (Å²) in [5, 5.41) is 0.635. The van der Waals surface area contributed by atoms with E-state index in [9.17, 15) is 4.79 Å². The first kappa shape index (κ1) is 19.7. The summed E-state index contributed by atoms with van der Waals surface area (Å²) in [6.07, 6.45) is 2.88. The molecule has 0 unspecified atom stereocenters. The molecule has 0 aliphatic carbocycles. The number of rotatable bonds is 3. The van der Waals surface area contributed by atoms with Crippen LogP contribution in [0.4, 0.5) is 5.82 Å². The monoisotopic (exact) mass is 376 g/mol. The lowest BCUT2D eigenvalue weighted by atomic mass is 10.2. The van der Waals surface area contributed by atoms with E-state index in [2.05, 4.69) is 16.5 Å². The lowest BCUT2D eigenvalue weighted by Crippen LogP contribution is -2.39. The summed E-state index contributed by atoms with van der Waals surface area (Å²) in [4.78, 5) is 20.9. The van der Waals surface area contributed by atoms with Gasteiger partial charge in [0.15, 0.2) is 17.4 Å². The summed E-state index contributed by atoms with van der Waals surface area (Å²) < 4.78 is 10.0. The second kappa shape index (κ2) is 9.74. The van der Waals surface area contributed by atoms with Crippen molar-refractivity contribution in [1.82, 2.24) is 14.9 Å². The van der Waals surface area contributed by atoms with Crippen molar-refractivity contribution in [3.63, 3.8) is 0 Å². The quantitative estimate of drug-likeness (QED) is 0.827. The number of ether oxygens (including phenoxy) is 2. The number of nitrogens with zero attached hydrogens (tertiary/aromatic N) is 3. The van der Waals surface area contributed by atoms with Crippen LogP contribution in [0.25, 0.3) is 11.4 Å². The molecule has 1 aromatic carbocycles. The van der Waals surface area contributed by atoms with Crippen LogP contribution >= 0.6 is 11.6 Å². The Labute approximate surface area is 157 Å². The van der Waals surface area contributed by atoms with E-state index in [-0.39, 0.29) is 5.91 Å². The molecule has 138 valence electrons. The van der Waals surface area contributed by atoms with Crippen LogP contribution in [0.2, 0.25) is 5.02 Å². The molecule has 0 atom stereocenters. The molecule has 0 saturated carbocycles. The van der Waals surface area contributed by atoms with Gasteiger partial charge < -0.3 is 20.1 Å². The van der Waals surface area contributed by atoms with E-state index in [4.69, 9.17) is 26.8 Å². The molecule has 0 bridgehead atoms. The number of hydrogen-bond acceptors (Lipinski definition) is 6. The third-order valence-corrected chi connectivity index (χ3v) is 3.82. The van der Waals surface area contributed by atoms with Gasteiger partial charge in [-0.2, -0.15) is 0 Å². The van der Waals surface area contributed by atoms with Gasteiger partial charge in [-0.15, -0.1) is 0 Å². The largest absolute Gasteiger partial charge is 0.491 e. The van der Waals surface area contributed by atoms with E-state index >= 15 is 0 Å². The van der Waals surface area contributed by atoms with Crippen LogP contribution in [0.5, 0.6) is 5.75 Å². The lowest BCUT2D eigenvalue weighted by Gasteiger charge is -2.25. The maximum atomic E-state index is 10.9. The van der Waals surface area contributed by atoms with Crippen molar-refractivity contribution in [3.8, 4) is 17.1 Å². The van der Waals surface area contributed by atoms with Gasteiger partial charge in [0.05, 0.1) is 26.5 Å². The van der Waals surface area contributed by atoms with Gasteiger partial charge in [0.2, 0.25) is 5.91 Å². The highest BCUT2D eigenvalue weighted by atomic mass is 35.5. The molecular weight excluding hydrogens is 356 g/mol. The molecule has 1 saturated heterocycles. The van der Waals surface area contributed by atoms with Gasteiger partial charge in [-0.25, -0.2) is 9.97 Å². The fraction of sp³-hybridized carbons (Fsp3) is 0.278. The molecule has 1 aliphatic rings. The molecule has 1 fully saturated rings. The number of benzene rings is 1. The number of amides is 1. The standard InChI is InChI=1S/C11H10ClN3O.C7H11NO2/c1-16-9-6-14-11(15-10(9)13)7-3-2-4-8(12)5-7;1-2-7(9)8-3-5-10-6-4-8/h2-6H,1H3,(H2,13,14,15);2H,1,3-6H2. The minimum Gasteiger partial charge on any atom is -0.491 e. The molecule has 0 spiro atoms. The Morgan fingerprint density at radius 3 is 2.73 bits per heavy atom. The summed E-state index contributed by atoms with van der Waals surface area (Å²) in [6, 6.07) is 7.27. The van der Waals surface area contributed by atoms with Crippen LogP contribution in [-0.4, -0.2) is 54.2 Å². The zero-order chi connectivity index (χ0) is 18.9. The minimum atomic E-state index is 0.00306. The number of anilines is 1. The first-order chi connectivity index (χ1) is 12.5. The number of nitrogens with two attached hydrogens (primary N) is 1. The number of carbonyl (C=O) groups is 1. The molecule has 26 heavy (non-hydrogen) atoms. The molecule has 0 radical (unpaired) electrons. The van der Waals surface area contributed by atoms with E-state index in [1.54, 1.807) is 23.2 Å². The predicted octanol–water partition coefficient (Wildman–Crippen LogP) is 2.42. The van der Waals surface area contributed by atoms with Crippen LogP contribution in [0.3, 0.4) is 0 Å². The maximum Gasteiger partial charge on any atom is 0.246 e. The highest BCUT2D eigenvalue weighted by Crippen LogP contribution is 2.23. The molecule has 1 amide bonds. The van der Waals surface area contributed by atoms with Gasteiger partial charge in [-0.1, -0.05) is 30.3 Å². The molecule has 2 heterocycles. The number of methoxy groups -OCH3 is 1. The summed E-state index contributed by atoms with van der Waals surface area (Å²) in [5.41, 5.74) is 6.52. The fourth-order valence-corrected chi connectivity index (χ4v) is 2.41. The zero-order valence-corrected chi connectivity index (χ0v) is 15.3. The SMILES string of the molecule is C=CC(=O)N1CCOCC1.COc1cnc(-c2cccc(Cl)c2)nc1N. The summed E-state index contributed by atoms with van der Waals surface area (Å²) in [7, 11) is 1.52. The highest BCUT2D eigenvalue weighted by Gasteiger charge is 2.12. The van der Waals surface area contributed by atoms with Crippen LogP contribution in [-0.2, 0) is 9.53 Å². The van der Waals surface area contributed by atoms with Crippen molar-refractivity contribution in [2.75, 3.05) is 39.1 Å². The van der Waals surface area contributed by atoms with E-state index in [0.717, 1.165) is 5.56 Å². The van der Waals surface area contributed by atoms with Gasteiger partial charge in [-0.05, 0) is 18.2 Å². The molecule has 1 aromatic heterocycles. The summed E-state index contributed by atoms with van der Waals surface area (Å²) in [6.45, 7) is 6.11. The molecule has 1 aliphatic heterocycles. The van der Waals surface area contributed by atoms with Crippen molar-refractivity contribution in [3.05, 3.63) is 48.1 Å². The van der Waals surface area contributed by atoms with Crippen LogP contribution < -0.4 is 10.5 Å². The topological polar surface area (TPSA) is 90.6 Å².